The lowest BCUT2D eigenvalue weighted by atomic mass is 9.79. The van der Waals surface area contributed by atoms with E-state index >= 15 is 0 Å². The molecule has 110 valence electrons. The maximum atomic E-state index is 12.6. The minimum Gasteiger partial charge on any atom is -0.465 e. The Morgan fingerprint density at radius 1 is 1.42 bits per heavy atom. The van der Waals surface area contributed by atoms with Gasteiger partial charge in [-0.25, -0.2) is 0 Å². The number of hydrogen-bond acceptors (Lipinski definition) is 4. The van der Waals surface area contributed by atoms with Crippen LogP contribution in [0.4, 0.5) is 0 Å². The summed E-state index contributed by atoms with van der Waals surface area (Å²) in [6, 6.07) is 0. The van der Waals surface area contributed by atoms with Gasteiger partial charge in [0.15, 0.2) is 0 Å². The fourth-order valence-electron chi connectivity index (χ4n) is 2.25. The molecule has 0 radical (unpaired) electrons. The largest absolute Gasteiger partial charge is 0.465 e. The number of esters is 1. The third-order valence-corrected chi connectivity index (χ3v) is 4.32. The van der Waals surface area contributed by atoms with Crippen LogP contribution in [0, 0.1) is 11.3 Å². The van der Waals surface area contributed by atoms with E-state index in [0.717, 1.165) is 18.8 Å². The smallest absolute Gasteiger partial charge is 0.319 e. The van der Waals surface area contributed by atoms with E-state index in [2.05, 4.69) is 6.92 Å². The molecule has 0 N–H and O–H groups in total. The van der Waals surface area contributed by atoms with Crippen LogP contribution in [0.15, 0.2) is 0 Å². The van der Waals surface area contributed by atoms with E-state index in [4.69, 9.17) is 4.74 Å². The first kappa shape index (κ1) is 16.3. The van der Waals surface area contributed by atoms with Gasteiger partial charge in [-0.1, -0.05) is 27.7 Å². The quantitative estimate of drug-likeness (QED) is 0.589. The predicted octanol–water partition coefficient (Wildman–Crippen LogP) is 2.18. The number of rotatable bonds is 3. The molecule has 5 heteroatoms. The summed E-state index contributed by atoms with van der Waals surface area (Å²) >= 11 is 1.87. The molecule has 0 spiro atoms. The molecule has 1 rings (SSSR count). The van der Waals surface area contributed by atoms with Gasteiger partial charge in [-0.3, -0.25) is 9.59 Å². The lowest BCUT2D eigenvalue weighted by Gasteiger charge is -2.36. The molecule has 1 aliphatic rings. The molecule has 1 heterocycles. The summed E-state index contributed by atoms with van der Waals surface area (Å²) in [5.41, 5.74) is -0.419. The van der Waals surface area contributed by atoms with Crippen molar-refractivity contribution in [1.82, 2.24) is 4.90 Å². The van der Waals surface area contributed by atoms with E-state index < -0.39 is 17.3 Å². The molecule has 19 heavy (non-hydrogen) atoms. The van der Waals surface area contributed by atoms with Gasteiger partial charge in [0.05, 0.1) is 6.61 Å². The van der Waals surface area contributed by atoms with Crippen LogP contribution in [0.1, 0.15) is 34.6 Å². The van der Waals surface area contributed by atoms with E-state index in [9.17, 15) is 9.59 Å². The number of ether oxygens (including phenoxy) is 1. The van der Waals surface area contributed by atoms with Crippen LogP contribution in [-0.2, 0) is 14.3 Å². The molecule has 0 aromatic heterocycles. The number of hydrogen-bond donors (Lipinski definition) is 0. The van der Waals surface area contributed by atoms with E-state index in [-0.39, 0.29) is 5.91 Å². The standard InChI is InChI=1S/C14H25NO3S/c1-6-18-13(17)11(14(3,4)5)12(16)15-7-8-19-10(2)9-15/h10-11H,6-9H2,1-5H3. The van der Waals surface area contributed by atoms with Gasteiger partial charge in [-0.2, -0.15) is 11.8 Å². The Bertz CT molecular complexity index is 338. The summed E-state index contributed by atoms with van der Waals surface area (Å²) in [6.45, 7) is 11.4. The zero-order valence-corrected chi connectivity index (χ0v) is 13.4. The maximum Gasteiger partial charge on any atom is 0.319 e. The molecule has 0 aromatic rings. The fraction of sp³-hybridized carbons (Fsp3) is 0.857. The average Bonchev–Trinajstić information content (AvgIpc) is 2.27. The highest BCUT2D eigenvalue weighted by Crippen LogP contribution is 2.30. The lowest BCUT2D eigenvalue weighted by Crippen LogP contribution is -2.49. The van der Waals surface area contributed by atoms with Crippen molar-refractivity contribution in [2.45, 2.75) is 39.9 Å². The molecule has 2 unspecified atom stereocenters. The van der Waals surface area contributed by atoms with Crippen LogP contribution >= 0.6 is 11.8 Å². The Morgan fingerprint density at radius 2 is 2.05 bits per heavy atom. The normalized spacial score (nSPS) is 21.9. The second-order valence-electron chi connectivity index (χ2n) is 6.02. The van der Waals surface area contributed by atoms with Crippen LogP contribution in [0.25, 0.3) is 0 Å². The van der Waals surface area contributed by atoms with Gasteiger partial charge in [0, 0.05) is 24.1 Å². The minimum absolute atomic E-state index is 0.0851. The van der Waals surface area contributed by atoms with Crippen molar-refractivity contribution in [2.24, 2.45) is 11.3 Å². The number of carbonyl (C=O) groups excluding carboxylic acids is 2. The van der Waals surface area contributed by atoms with Crippen LogP contribution in [0.5, 0.6) is 0 Å². The molecular weight excluding hydrogens is 262 g/mol. The lowest BCUT2D eigenvalue weighted by molar-refractivity contribution is -0.160. The molecule has 0 bridgehead atoms. The zero-order chi connectivity index (χ0) is 14.6. The topological polar surface area (TPSA) is 46.6 Å². The summed E-state index contributed by atoms with van der Waals surface area (Å²) < 4.78 is 5.08. The highest BCUT2D eigenvalue weighted by molar-refractivity contribution is 7.99. The van der Waals surface area contributed by atoms with E-state index in [1.54, 1.807) is 6.92 Å². The first-order chi connectivity index (χ1) is 8.77. The molecule has 2 atom stereocenters. The SMILES string of the molecule is CCOC(=O)C(C(=O)N1CCSC(C)C1)C(C)(C)C. The van der Waals surface area contributed by atoms with E-state index in [1.165, 1.54) is 0 Å². The Hall–Kier alpha value is -0.710. The van der Waals surface area contributed by atoms with Gasteiger partial charge in [-0.15, -0.1) is 0 Å². The Morgan fingerprint density at radius 3 is 2.53 bits per heavy atom. The average molecular weight is 287 g/mol. The molecule has 0 aliphatic carbocycles. The van der Waals surface area contributed by atoms with Gasteiger partial charge < -0.3 is 9.64 Å². The van der Waals surface area contributed by atoms with Crippen molar-refractivity contribution < 1.29 is 14.3 Å². The number of amides is 1. The van der Waals surface area contributed by atoms with Crippen LogP contribution in [-0.4, -0.2) is 47.5 Å². The van der Waals surface area contributed by atoms with Crippen molar-refractivity contribution in [2.75, 3.05) is 25.4 Å². The molecule has 1 aliphatic heterocycles. The van der Waals surface area contributed by atoms with Gasteiger partial charge in [-0.05, 0) is 12.3 Å². The number of carbonyl (C=O) groups is 2. The van der Waals surface area contributed by atoms with Crippen LogP contribution in [0.3, 0.4) is 0 Å². The minimum atomic E-state index is -0.706. The summed E-state index contributed by atoms with van der Waals surface area (Å²) in [5.74, 6) is -0.251. The van der Waals surface area contributed by atoms with Gasteiger partial charge in [0.25, 0.3) is 0 Å². The van der Waals surface area contributed by atoms with Gasteiger partial charge in [0.1, 0.15) is 5.92 Å². The predicted molar refractivity (Wildman–Crippen MR) is 78.1 cm³/mol. The van der Waals surface area contributed by atoms with Crippen molar-refractivity contribution in [3.8, 4) is 0 Å². The van der Waals surface area contributed by atoms with Gasteiger partial charge >= 0.3 is 5.97 Å². The second-order valence-corrected chi connectivity index (χ2v) is 7.56. The fourth-order valence-corrected chi connectivity index (χ4v) is 3.27. The van der Waals surface area contributed by atoms with Gasteiger partial charge in [0.2, 0.25) is 5.91 Å². The molecule has 1 saturated heterocycles. The highest BCUT2D eigenvalue weighted by atomic mass is 32.2. The van der Waals surface area contributed by atoms with Crippen molar-refractivity contribution in [3.63, 3.8) is 0 Å². The first-order valence-electron chi connectivity index (χ1n) is 6.84. The molecular formula is C14H25NO3S. The van der Waals surface area contributed by atoms with E-state index in [0.29, 0.717) is 11.9 Å². The monoisotopic (exact) mass is 287 g/mol. The number of thioether (sulfide) groups is 1. The summed E-state index contributed by atoms with van der Waals surface area (Å²) in [6.07, 6.45) is 0. The summed E-state index contributed by atoms with van der Waals surface area (Å²) in [5, 5.41) is 0.431. The molecule has 1 amide bonds. The Labute approximate surface area is 120 Å². The molecule has 4 nitrogen and oxygen atoms in total. The maximum absolute atomic E-state index is 12.6. The van der Waals surface area contributed by atoms with Crippen molar-refractivity contribution >= 4 is 23.6 Å². The Kier molecular flexibility index (Phi) is 5.71. The first-order valence-corrected chi connectivity index (χ1v) is 7.89. The van der Waals surface area contributed by atoms with E-state index in [1.807, 2.05) is 37.4 Å². The second kappa shape index (κ2) is 6.64. The zero-order valence-electron chi connectivity index (χ0n) is 12.6. The molecule has 0 saturated carbocycles. The number of nitrogens with zero attached hydrogens (tertiary/aromatic N) is 1. The summed E-state index contributed by atoms with van der Waals surface area (Å²) in [7, 11) is 0. The molecule has 1 fully saturated rings. The van der Waals surface area contributed by atoms with Crippen molar-refractivity contribution in [1.29, 1.82) is 0 Å². The highest BCUT2D eigenvalue weighted by Gasteiger charge is 2.41. The summed E-state index contributed by atoms with van der Waals surface area (Å²) in [4.78, 5) is 26.5. The third-order valence-electron chi connectivity index (χ3n) is 3.19. The third kappa shape index (κ3) is 4.41. The van der Waals surface area contributed by atoms with Crippen LogP contribution < -0.4 is 0 Å². The van der Waals surface area contributed by atoms with Crippen LogP contribution in [0.2, 0.25) is 0 Å². The molecule has 0 aromatic carbocycles. The van der Waals surface area contributed by atoms with Crippen molar-refractivity contribution in [3.05, 3.63) is 0 Å². The Balaban J connectivity index is 2.85.